The van der Waals surface area contributed by atoms with Gasteiger partial charge in [-0.3, -0.25) is 14.5 Å². The van der Waals surface area contributed by atoms with Crippen LogP contribution in [0, 0.1) is 0 Å². The number of hydrogen-bond donors (Lipinski definition) is 1. The average molecular weight is 297 g/mol. The maximum absolute atomic E-state index is 12.6. The van der Waals surface area contributed by atoms with Gasteiger partial charge in [-0.2, -0.15) is 0 Å². The lowest BCUT2D eigenvalue weighted by Crippen LogP contribution is -2.16. The van der Waals surface area contributed by atoms with Gasteiger partial charge in [0.25, 0.3) is 5.91 Å². The Morgan fingerprint density at radius 2 is 1.82 bits per heavy atom. The van der Waals surface area contributed by atoms with E-state index in [1.54, 1.807) is 28.8 Å². The van der Waals surface area contributed by atoms with E-state index in [0.29, 0.717) is 23.0 Å². The van der Waals surface area contributed by atoms with Gasteiger partial charge in [0.1, 0.15) is 17.1 Å². The van der Waals surface area contributed by atoms with Crippen LogP contribution in [0.4, 0.5) is 5.95 Å². The molecule has 0 spiro atoms. The van der Waals surface area contributed by atoms with Gasteiger partial charge in [-0.15, -0.1) is 0 Å². The number of rotatable bonds is 4. The molecule has 3 aromatic rings. The number of ether oxygens (including phenoxy) is 2. The second-order valence-corrected chi connectivity index (χ2v) is 4.57. The summed E-state index contributed by atoms with van der Waals surface area (Å²) < 4.78 is 12.3. The highest BCUT2D eigenvalue weighted by Crippen LogP contribution is 2.29. The fraction of sp³-hybridized carbons (Fsp3) is 0.125. The van der Waals surface area contributed by atoms with Crippen LogP contribution in [0.15, 0.2) is 48.8 Å². The minimum absolute atomic E-state index is 0.334. The quantitative estimate of drug-likeness (QED) is 0.804. The lowest BCUT2D eigenvalue weighted by Gasteiger charge is -2.12. The molecule has 0 unspecified atom stereocenters. The number of pyridine rings is 1. The molecule has 6 heteroatoms. The molecule has 0 aliphatic heterocycles. The molecule has 112 valence electrons. The van der Waals surface area contributed by atoms with Crippen LogP contribution in [0.2, 0.25) is 0 Å². The molecule has 2 heterocycles. The fourth-order valence-corrected chi connectivity index (χ4v) is 2.28. The van der Waals surface area contributed by atoms with Crippen LogP contribution >= 0.6 is 0 Å². The zero-order valence-corrected chi connectivity index (χ0v) is 12.2. The van der Waals surface area contributed by atoms with E-state index < -0.39 is 0 Å². The van der Waals surface area contributed by atoms with Gasteiger partial charge in [0.05, 0.1) is 25.9 Å². The number of benzene rings is 1. The Morgan fingerprint density at radius 1 is 1.09 bits per heavy atom. The third-order valence-electron chi connectivity index (χ3n) is 3.32. The minimum Gasteiger partial charge on any atom is -0.496 e. The Balaban J connectivity index is 1.98. The van der Waals surface area contributed by atoms with Crippen molar-refractivity contribution in [1.82, 2.24) is 9.38 Å². The second-order valence-electron chi connectivity index (χ2n) is 4.57. The first kappa shape index (κ1) is 13.9. The summed E-state index contributed by atoms with van der Waals surface area (Å²) in [6, 6.07) is 10.9. The second kappa shape index (κ2) is 5.77. The number of nitrogens with one attached hydrogen (secondary N) is 1. The summed E-state index contributed by atoms with van der Waals surface area (Å²) in [4.78, 5) is 16.8. The van der Waals surface area contributed by atoms with Crippen LogP contribution in [0.1, 0.15) is 10.4 Å². The van der Waals surface area contributed by atoms with Crippen LogP contribution in [0.5, 0.6) is 11.5 Å². The molecule has 3 rings (SSSR count). The van der Waals surface area contributed by atoms with Crippen LogP contribution in [0.3, 0.4) is 0 Å². The van der Waals surface area contributed by atoms with Crippen molar-refractivity contribution >= 4 is 17.4 Å². The number of carbonyl (C=O) groups excluding carboxylic acids is 1. The highest BCUT2D eigenvalue weighted by molar-refractivity contribution is 6.07. The van der Waals surface area contributed by atoms with Gasteiger partial charge in [0, 0.05) is 6.20 Å². The van der Waals surface area contributed by atoms with E-state index in [4.69, 9.17) is 9.47 Å². The maximum atomic E-state index is 12.6. The molecule has 22 heavy (non-hydrogen) atoms. The summed E-state index contributed by atoms with van der Waals surface area (Å²) in [5.41, 5.74) is 1.23. The number of imidazole rings is 1. The van der Waals surface area contributed by atoms with Crippen molar-refractivity contribution in [2.75, 3.05) is 19.5 Å². The Bertz CT molecular complexity index is 804. The molecule has 0 radical (unpaired) electrons. The van der Waals surface area contributed by atoms with Crippen molar-refractivity contribution in [2.24, 2.45) is 0 Å². The summed E-state index contributed by atoms with van der Waals surface area (Å²) in [7, 11) is 3.02. The van der Waals surface area contributed by atoms with Crippen molar-refractivity contribution in [3.8, 4) is 11.5 Å². The Morgan fingerprint density at radius 3 is 2.50 bits per heavy atom. The summed E-state index contributed by atoms with van der Waals surface area (Å²) in [5.74, 6) is 0.981. The number of methoxy groups -OCH3 is 2. The molecule has 0 saturated heterocycles. The molecule has 0 atom stereocenters. The molecule has 0 fully saturated rings. The number of anilines is 1. The lowest BCUT2D eigenvalue weighted by molar-refractivity contribution is 0.102. The molecule has 2 aromatic heterocycles. The number of amides is 1. The average Bonchev–Trinajstić information content (AvgIpc) is 2.97. The predicted octanol–water partition coefficient (Wildman–Crippen LogP) is 2.60. The standard InChI is InChI=1S/C16H15N3O3/c1-21-12-7-5-8-13(22-2)14(12)15(20)18-16-17-10-11-6-3-4-9-19(11)16/h3-10H,1-2H3,(H,17,18,20). The van der Waals surface area contributed by atoms with E-state index in [2.05, 4.69) is 10.3 Å². The number of fused-ring (bicyclic) bond motifs is 1. The van der Waals surface area contributed by atoms with Gasteiger partial charge < -0.3 is 9.47 Å². The van der Waals surface area contributed by atoms with Crippen molar-refractivity contribution < 1.29 is 14.3 Å². The molecule has 1 N–H and O–H groups in total. The van der Waals surface area contributed by atoms with Gasteiger partial charge in [-0.25, -0.2) is 4.98 Å². The normalized spacial score (nSPS) is 10.5. The van der Waals surface area contributed by atoms with E-state index in [1.807, 2.05) is 24.4 Å². The predicted molar refractivity (Wildman–Crippen MR) is 82.7 cm³/mol. The highest BCUT2D eigenvalue weighted by Gasteiger charge is 2.19. The Kier molecular flexibility index (Phi) is 3.65. The molecular weight excluding hydrogens is 282 g/mol. The molecular formula is C16H15N3O3. The van der Waals surface area contributed by atoms with Crippen LogP contribution in [-0.4, -0.2) is 29.5 Å². The lowest BCUT2D eigenvalue weighted by atomic mass is 10.1. The zero-order chi connectivity index (χ0) is 15.5. The number of hydrogen-bond acceptors (Lipinski definition) is 4. The summed E-state index contributed by atoms with van der Waals surface area (Å²) in [6.45, 7) is 0. The maximum Gasteiger partial charge on any atom is 0.265 e. The van der Waals surface area contributed by atoms with E-state index in [0.717, 1.165) is 5.52 Å². The third kappa shape index (κ3) is 2.35. The van der Waals surface area contributed by atoms with E-state index in [9.17, 15) is 4.79 Å². The number of aromatic nitrogens is 2. The molecule has 0 aliphatic carbocycles. The molecule has 0 aliphatic rings. The highest BCUT2D eigenvalue weighted by atomic mass is 16.5. The molecule has 0 bridgehead atoms. The van der Waals surface area contributed by atoms with E-state index in [1.165, 1.54) is 14.2 Å². The van der Waals surface area contributed by atoms with Crippen molar-refractivity contribution in [3.05, 3.63) is 54.4 Å². The summed E-state index contributed by atoms with van der Waals surface area (Å²) >= 11 is 0. The Hall–Kier alpha value is -3.02. The van der Waals surface area contributed by atoms with Gasteiger partial charge in [-0.05, 0) is 24.3 Å². The first-order chi connectivity index (χ1) is 10.7. The van der Waals surface area contributed by atoms with Crippen molar-refractivity contribution in [1.29, 1.82) is 0 Å². The number of nitrogens with zero attached hydrogens (tertiary/aromatic N) is 2. The summed E-state index contributed by atoms with van der Waals surface area (Å²) in [5, 5.41) is 2.78. The fourth-order valence-electron chi connectivity index (χ4n) is 2.28. The molecule has 1 aromatic carbocycles. The van der Waals surface area contributed by atoms with Crippen molar-refractivity contribution in [3.63, 3.8) is 0 Å². The molecule has 6 nitrogen and oxygen atoms in total. The van der Waals surface area contributed by atoms with Crippen LogP contribution in [0.25, 0.3) is 5.52 Å². The van der Waals surface area contributed by atoms with Gasteiger partial charge in [0.2, 0.25) is 5.95 Å². The van der Waals surface area contributed by atoms with Crippen molar-refractivity contribution in [2.45, 2.75) is 0 Å². The number of carbonyl (C=O) groups is 1. The minimum atomic E-state index is -0.342. The Labute approximate surface area is 127 Å². The van der Waals surface area contributed by atoms with Gasteiger partial charge in [0.15, 0.2) is 0 Å². The van der Waals surface area contributed by atoms with Crippen LogP contribution in [-0.2, 0) is 0 Å². The zero-order valence-electron chi connectivity index (χ0n) is 12.2. The monoisotopic (exact) mass is 297 g/mol. The van der Waals surface area contributed by atoms with E-state index in [-0.39, 0.29) is 5.91 Å². The van der Waals surface area contributed by atoms with Gasteiger partial charge in [-0.1, -0.05) is 12.1 Å². The van der Waals surface area contributed by atoms with Crippen LogP contribution < -0.4 is 14.8 Å². The SMILES string of the molecule is COc1cccc(OC)c1C(=O)Nc1ncc2ccccn12. The summed E-state index contributed by atoms with van der Waals surface area (Å²) in [6.07, 6.45) is 3.52. The molecule has 0 saturated carbocycles. The van der Waals surface area contributed by atoms with E-state index >= 15 is 0 Å². The smallest absolute Gasteiger partial charge is 0.265 e. The first-order valence-corrected chi connectivity index (χ1v) is 6.69. The van der Waals surface area contributed by atoms with Gasteiger partial charge >= 0.3 is 0 Å². The third-order valence-corrected chi connectivity index (χ3v) is 3.32. The first-order valence-electron chi connectivity index (χ1n) is 6.69. The topological polar surface area (TPSA) is 64.9 Å². The molecule has 1 amide bonds. The largest absolute Gasteiger partial charge is 0.496 e.